The number of aromatic nitrogens is 4. The Balaban J connectivity index is 2.05. The molecule has 0 aliphatic carbocycles. The average molecular weight is 330 g/mol. The Labute approximate surface area is 137 Å². The van der Waals surface area contributed by atoms with Gasteiger partial charge in [-0.25, -0.2) is 19.2 Å². The smallest absolute Gasteiger partial charge is 0.269 e. The van der Waals surface area contributed by atoms with Gasteiger partial charge in [0.1, 0.15) is 11.6 Å². The molecule has 0 aromatic carbocycles. The van der Waals surface area contributed by atoms with Crippen LogP contribution in [0.25, 0.3) is 16.3 Å². The van der Waals surface area contributed by atoms with Crippen LogP contribution in [0, 0.1) is 0 Å². The molecule has 120 valence electrons. The predicted molar refractivity (Wildman–Crippen MR) is 89.8 cm³/mol. The van der Waals surface area contributed by atoms with E-state index in [4.69, 9.17) is 0 Å². The Morgan fingerprint density at radius 2 is 2.13 bits per heavy atom. The first-order valence-corrected chi connectivity index (χ1v) is 8.49. The van der Waals surface area contributed by atoms with Crippen molar-refractivity contribution in [3.05, 3.63) is 39.8 Å². The van der Waals surface area contributed by atoms with Crippen LogP contribution in [-0.2, 0) is 18.3 Å². The molecule has 6 nitrogen and oxygen atoms in total. The number of fused-ring (bicyclic) bond motifs is 1. The Bertz CT molecular complexity index is 893. The number of ketones is 1. The Hall–Kier alpha value is -2.28. The molecule has 0 N–H and O–H groups in total. The molecule has 0 amide bonds. The van der Waals surface area contributed by atoms with Crippen LogP contribution in [0.5, 0.6) is 0 Å². The summed E-state index contributed by atoms with van der Waals surface area (Å²) in [6.07, 6.45) is 2.35. The van der Waals surface area contributed by atoms with Gasteiger partial charge in [-0.1, -0.05) is 13.0 Å². The van der Waals surface area contributed by atoms with Crippen molar-refractivity contribution in [2.75, 3.05) is 0 Å². The SMILES string of the molecule is CCCC(=O)CCc1nc(-c2cccs2)nc2cc(=O)n(C)n12. The molecule has 0 aliphatic heterocycles. The first-order valence-electron chi connectivity index (χ1n) is 7.61. The lowest BCUT2D eigenvalue weighted by molar-refractivity contribution is -0.119. The lowest BCUT2D eigenvalue weighted by Crippen LogP contribution is -2.18. The molecule has 0 saturated carbocycles. The second kappa shape index (κ2) is 6.45. The molecule has 3 rings (SSSR count). The number of carbonyl (C=O) groups is 1. The molecular formula is C16H18N4O2S. The molecule has 0 radical (unpaired) electrons. The van der Waals surface area contributed by atoms with Gasteiger partial charge >= 0.3 is 0 Å². The molecule has 23 heavy (non-hydrogen) atoms. The maximum absolute atomic E-state index is 11.9. The summed E-state index contributed by atoms with van der Waals surface area (Å²) in [7, 11) is 1.68. The van der Waals surface area contributed by atoms with E-state index >= 15 is 0 Å². The zero-order valence-electron chi connectivity index (χ0n) is 13.2. The summed E-state index contributed by atoms with van der Waals surface area (Å²) in [5.41, 5.74) is 0.428. The molecule has 3 aromatic rings. The van der Waals surface area contributed by atoms with Gasteiger partial charge in [0.2, 0.25) is 0 Å². The highest BCUT2D eigenvalue weighted by atomic mass is 32.1. The second-order valence-electron chi connectivity index (χ2n) is 5.41. The van der Waals surface area contributed by atoms with Gasteiger partial charge in [0.05, 0.1) is 4.88 Å². The number of rotatable bonds is 6. The van der Waals surface area contributed by atoms with E-state index in [9.17, 15) is 9.59 Å². The maximum Gasteiger partial charge on any atom is 0.269 e. The van der Waals surface area contributed by atoms with E-state index in [0.29, 0.717) is 36.6 Å². The zero-order valence-corrected chi connectivity index (χ0v) is 14.0. The van der Waals surface area contributed by atoms with E-state index in [1.807, 2.05) is 24.4 Å². The van der Waals surface area contributed by atoms with Crippen molar-refractivity contribution in [3.63, 3.8) is 0 Å². The van der Waals surface area contributed by atoms with Crippen LogP contribution in [0.2, 0.25) is 0 Å². The Kier molecular flexibility index (Phi) is 4.38. The third-order valence-electron chi connectivity index (χ3n) is 3.69. The number of Topliss-reactive ketones (excluding diaryl/α,β-unsaturated/α-hetero) is 1. The van der Waals surface area contributed by atoms with E-state index in [-0.39, 0.29) is 11.3 Å². The molecule has 0 aliphatic rings. The fraction of sp³-hybridized carbons (Fsp3) is 0.375. The van der Waals surface area contributed by atoms with Gasteiger partial charge in [-0.3, -0.25) is 9.59 Å². The Morgan fingerprint density at radius 3 is 2.83 bits per heavy atom. The van der Waals surface area contributed by atoms with Crippen LogP contribution >= 0.6 is 11.3 Å². The minimum atomic E-state index is -0.135. The van der Waals surface area contributed by atoms with Gasteiger partial charge in [-0.2, -0.15) is 0 Å². The molecule has 0 fully saturated rings. The largest absolute Gasteiger partial charge is 0.300 e. The van der Waals surface area contributed by atoms with Crippen LogP contribution in [0.4, 0.5) is 0 Å². The highest BCUT2D eigenvalue weighted by Gasteiger charge is 2.14. The topological polar surface area (TPSA) is 69.3 Å². The molecule has 0 saturated heterocycles. The summed E-state index contributed by atoms with van der Waals surface area (Å²) < 4.78 is 3.17. The first-order chi connectivity index (χ1) is 11.1. The summed E-state index contributed by atoms with van der Waals surface area (Å²) in [5, 5.41) is 1.96. The van der Waals surface area contributed by atoms with Gasteiger partial charge in [-0.05, 0) is 17.9 Å². The lowest BCUT2D eigenvalue weighted by Gasteiger charge is -2.09. The fourth-order valence-electron chi connectivity index (χ4n) is 2.54. The summed E-state index contributed by atoms with van der Waals surface area (Å²) in [6.45, 7) is 1.99. The number of hydrogen-bond acceptors (Lipinski definition) is 5. The molecule has 0 atom stereocenters. The highest BCUT2D eigenvalue weighted by molar-refractivity contribution is 7.13. The van der Waals surface area contributed by atoms with E-state index in [1.165, 1.54) is 10.7 Å². The number of thiophene rings is 1. The minimum Gasteiger partial charge on any atom is -0.300 e. The van der Waals surface area contributed by atoms with Crippen molar-refractivity contribution >= 4 is 22.8 Å². The molecule has 3 aromatic heterocycles. The van der Waals surface area contributed by atoms with Crippen molar-refractivity contribution in [2.45, 2.75) is 32.6 Å². The van der Waals surface area contributed by atoms with Gasteiger partial charge < -0.3 is 0 Å². The van der Waals surface area contributed by atoms with Gasteiger partial charge in [0, 0.05) is 32.4 Å². The summed E-state index contributed by atoms with van der Waals surface area (Å²) in [5.74, 6) is 1.50. The van der Waals surface area contributed by atoms with Crippen LogP contribution in [0.15, 0.2) is 28.4 Å². The van der Waals surface area contributed by atoms with Crippen LogP contribution in [0.1, 0.15) is 32.0 Å². The number of aryl methyl sites for hydroxylation is 2. The first kappa shape index (κ1) is 15.6. The number of carbonyl (C=O) groups excluding carboxylic acids is 1. The summed E-state index contributed by atoms with van der Waals surface area (Å²) >= 11 is 1.55. The number of hydrogen-bond donors (Lipinski definition) is 0. The monoisotopic (exact) mass is 330 g/mol. The van der Waals surface area contributed by atoms with E-state index < -0.39 is 0 Å². The van der Waals surface area contributed by atoms with Crippen molar-refractivity contribution < 1.29 is 4.79 Å². The molecule has 3 heterocycles. The van der Waals surface area contributed by atoms with E-state index in [0.717, 1.165) is 11.3 Å². The number of nitrogens with zero attached hydrogens (tertiary/aromatic N) is 4. The van der Waals surface area contributed by atoms with Gasteiger partial charge in [0.15, 0.2) is 11.5 Å². The standard InChI is InChI=1S/C16H18N4O2S/c1-3-5-11(21)7-8-13-17-16(12-6-4-9-23-12)18-14-10-15(22)19(2)20(13)14/h4,6,9-10H,3,5,7-8H2,1-2H3. The zero-order chi connectivity index (χ0) is 16.4. The van der Waals surface area contributed by atoms with Crippen molar-refractivity contribution in [3.8, 4) is 10.7 Å². The molecule has 0 unspecified atom stereocenters. The Morgan fingerprint density at radius 1 is 1.30 bits per heavy atom. The van der Waals surface area contributed by atoms with Crippen LogP contribution < -0.4 is 5.56 Å². The minimum absolute atomic E-state index is 0.135. The predicted octanol–water partition coefficient (Wildman–Crippen LogP) is 2.46. The third-order valence-corrected chi connectivity index (χ3v) is 4.55. The molecule has 0 bridgehead atoms. The molecule has 7 heteroatoms. The maximum atomic E-state index is 11.9. The van der Waals surface area contributed by atoms with E-state index in [1.54, 1.807) is 22.9 Å². The van der Waals surface area contributed by atoms with E-state index in [2.05, 4.69) is 9.97 Å². The van der Waals surface area contributed by atoms with Gasteiger partial charge in [-0.15, -0.1) is 11.3 Å². The third kappa shape index (κ3) is 3.10. The van der Waals surface area contributed by atoms with Gasteiger partial charge in [0.25, 0.3) is 5.56 Å². The normalized spacial score (nSPS) is 11.2. The fourth-order valence-corrected chi connectivity index (χ4v) is 3.20. The highest BCUT2D eigenvalue weighted by Crippen LogP contribution is 2.22. The summed E-state index contributed by atoms with van der Waals surface area (Å²) in [4.78, 5) is 33.8. The molecule has 0 spiro atoms. The second-order valence-corrected chi connectivity index (χ2v) is 6.35. The molecular weight excluding hydrogens is 312 g/mol. The van der Waals surface area contributed by atoms with Crippen LogP contribution in [-0.4, -0.2) is 24.9 Å². The van der Waals surface area contributed by atoms with Crippen molar-refractivity contribution in [1.29, 1.82) is 0 Å². The van der Waals surface area contributed by atoms with Crippen molar-refractivity contribution in [2.24, 2.45) is 7.05 Å². The quantitative estimate of drug-likeness (QED) is 0.696. The van der Waals surface area contributed by atoms with Crippen molar-refractivity contribution in [1.82, 2.24) is 19.2 Å². The lowest BCUT2D eigenvalue weighted by atomic mass is 10.1. The average Bonchev–Trinajstić information content (AvgIpc) is 3.14. The van der Waals surface area contributed by atoms with Crippen LogP contribution in [0.3, 0.4) is 0 Å². The summed E-state index contributed by atoms with van der Waals surface area (Å²) in [6, 6.07) is 5.38.